The molecule has 0 radical (unpaired) electrons. The van der Waals surface area contributed by atoms with Crippen molar-refractivity contribution in [2.45, 2.75) is 65.5 Å². The van der Waals surface area contributed by atoms with Crippen molar-refractivity contribution >= 4 is 0 Å². The fourth-order valence-corrected chi connectivity index (χ4v) is 2.51. The van der Waals surface area contributed by atoms with Gasteiger partial charge < -0.3 is 9.64 Å². The lowest BCUT2D eigenvalue weighted by molar-refractivity contribution is -0.0628. The molecule has 0 amide bonds. The molecule has 0 spiro atoms. The third-order valence-corrected chi connectivity index (χ3v) is 4.90. The van der Waals surface area contributed by atoms with Crippen LogP contribution in [0.3, 0.4) is 0 Å². The van der Waals surface area contributed by atoms with E-state index in [-0.39, 0.29) is 16.6 Å². The summed E-state index contributed by atoms with van der Waals surface area (Å²) in [5.74, 6) is 0.691. The number of ether oxygens (including phenoxy) is 1. The van der Waals surface area contributed by atoms with Gasteiger partial charge in [0.2, 0.25) is 0 Å². The average molecular weight is 241 g/mol. The van der Waals surface area contributed by atoms with Gasteiger partial charge in [0.1, 0.15) is 0 Å². The Morgan fingerprint density at radius 3 is 2.06 bits per heavy atom. The van der Waals surface area contributed by atoms with Gasteiger partial charge in [0.15, 0.2) is 0 Å². The van der Waals surface area contributed by atoms with Crippen molar-refractivity contribution in [1.82, 2.24) is 4.90 Å². The highest BCUT2D eigenvalue weighted by Gasteiger charge is 2.46. The standard InChI is InChI=1S/C15H31NO/c1-13(2,3)15(6)10-12(11-17-15)9-14(4,5)16(7)8/h12H,9-11H2,1-8H3. The van der Waals surface area contributed by atoms with E-state index < -0.39 is 0 Å². The normalized spacial score (nSPS) is 31.2. The number of rotatable bonds is 3. The number of hydrogen-bond donors (Lipinski definition) is 0. The minimum Gasteiger partial charge on any atom is -0.374 e. The maximum absolute atomic E-state index is 6.12. The average Bonchev–Trinajstić information content (AvgIpc) is 2.46. The Bertz CT molecular complexity index is 265. The summed E-state index contributed by atoms with van der Waals surface area (Å²) in [4.78, 5) is 2.32. The zero-order valence-electron chi connectivity index (χ0n) is 13.1. The Balaban J connectivity index is 2.63. The molecule has 2 atom stereocenters. The van der Waals surface area contributed by atoms with Gasteiger partial charge in [-0.05, 0) is 59.0 Å². The predicted molar refractivity (Wildman–Crippen MR) is 74.3 cm³/mol. The van der Waals surface area contributed by atoms with Crippen LogP contribution < -0.4 is 0 Å². The second-order valence-electron chi connectivity index (χ2n) is 7.77. The summed E-state index contributed by atoms with van der Waals surface area (Å²) in [6, 6.07) is 0. The molecule has 1 fully saturated rings. The first-order valence-corrected chi connectivity index (χ1v) is 6.79. The fourth-order valence-electron chi connectivity index (χ4n) is 2.51. The summed E-state index contributed by atoms with van der Waals surface area (Å²) in [6.07, 6.45) is 2.40. The lowest BCUT2D eigenvalue weighted by Gasteiger charge is -2.38. The van der Waals surface area contributed by atoms with Crippen molar-refractivity contribution in [3.63, 3.8) is 0 Å². The second-order valence-corrected chi connectivity index (χ2v) is 7.77. The first kappa shape index (κ1) is 15.0. The molecule has 2 nitrogen and oxygen atoms in total. The van der Waals surface area contributed by atoms with Crippen molar-refractivity contribution < 1.29 is 4.74 Å². The van der Waals surface area contributed by atoms with Gasteiger partial charge >= 0.3 is 0 Å². The molecule has 0 N–H and O–H groups in total. The minimum atomic E-state index is 0.0417. The Labute approximate surface area is 108 Å². The Morgan fingerprint density at radius 2 is 1.71 bits per heavy atom. The molecular formula is C15H31NO. The van der Waals surface area contributed by atoms with E-state index in [0.717, 1.165) is 6.61 Å². The van der Waals surface area contributed by atoms with Crippen LogP contribution in [0.2, 0.25) is 0 Å². The fraction of sp³-hybridized carbons (Fsp3) is 1.00. The lowest BCUT2D eigenvalue weighted by atomic mass is 9.73. The van der Waals surface area contributed by atoms with E-state index in [0.29, 0.717) is 5.92 Å². The maximum Gasteiger partial charge on any atom is 0.0706 e. The molecule has 1 aliphatic rings. The largest absolute Gasteiger partial charge is 0.374 e. The molecule has 1 saturated heterocycles. The van der Waals surface area contributed by atoms with Crippen LogP contribution in [-0.4, -0.2) is 36.7 Å². The zero-order valence-corrected chi connectivity index (χ0v) is 13.1. The van der Waals surface area contributed by atoms with E-state index in [4.69, 9.17) is 4.74 Å². The third-order valence-electron chi connectivity index (χ3n) is 4.90. The SMILES string of the molecule is CN(C)C(C)(C)CC1COC(C)(C(C)(C)C)C1. The summed E-state index contributed by atoms with van der Waals surface area (Å²) in [6.45, 7) is 14.7. The Kier molecular flexibility index (Phi) is 4.01. The first-order chi connectivity index (χ1) is 7.48. The first-order valence-electron chi connectivity index (χ1n) is 6.79. The molecule has 102 valence electrons. The van der Waals surface area contributed by atoms with Crippen LogP contribution in [-0.2, 0) is 4.74 Å². The molecule has 0 aromatic rings. The molecule has 0 aromatic heterocycles. The highest BCUT2D eigenvalue weighted by atomic mass is 16.5. The van der Waals surface area contributed by atoms with E-state index >= 15 is 0 Å². The second kappa shape index (κ2) is 4.55. The lowest BCUT2D eigenvalue weighted by Crippen LogP contribution is -2.41. The van der Waals surface area contributed by atoms with Crippen molar-refractivity contribution in [1.29, 1.82) is 0 Å². The van der Waals surface area contributed by atoms with Crippen LogP contribution in [0.15, 0.2) is 0 Å². The Morgan fingerprint density at radius 1 is 1.18 bits per heavy atom. The van der Waals surface area contributed by atoms with Gasteiger partial charge in [-0.2, -0.15) is 0 Å². The summed E-state index contributed by atoms with van der Waals surface area (Å²) >= 11 is 0. The molecule has 2 heteroatoms. The number of nitrogens with zero attached hydrogens (tertiary/aromatic N) is 1. The van der Waals surface area contributed by atoms with Gasteiger partial charge in [-0.25, -0.2) is 0 Å². The van der Waals surface area contributed by atoms with Crippen molar-refractivity contribution in [3.05, 3.63) is 0 Å². The van der Waals surface area contributed by atoms with Crippen LogP contribution >= 0.6 is 0 Å². The van der Waals surface area contributed by atoms with Crippen LogP contribution in [0.25, 0.3) is 0 Å². The van der Waals surface area contributed by atoms with Gasteiger partial charge in [0.25, 0.3) is 0 Å². The van der Waals surface area contributed by atoms with Crippen molar-refractivity contribution in [3.8, 4) is 0 Å². The summed E-state index contributed by atoms with van der Waals surface area (Å²) in [5, 5.41) is 0. The van der Waals surface area contributed by atoms with Crippen molar-refractivity contribution in [2.75, 3.05) is 20.7 Å². The van der Waals surface area contributed by atoms with Crippen LogP contribution in [0.4, 0.5) is 0 Å². The van der Waals surface area contributed by atoms with Crippen molar-refractivity contribution in [2.24, 2.45) is 11.3 Å². The van der Waals surface area contributed by atoms with Crippen LogP contribution in [0.1, 0.15) is 54.4 Å². The minimum absolute atomic E-state index is 0.0417. The highest BCUT2D eigenvalue weighted by Crippen LogP contribution is 2.45. The van der Waals surface area contributed by atoms with E-state index in [9.17, 15) is 0 Å². The number of hydrogen-bond acceptors (Lipinski definition) is 2. The quantitative estimate of drug-likeness (QED) is 0.749. The van der Waals surface area contributed by atoms with Crippen LogP contribution in [0, 0.1) is 11.3 Å². The van der Waals surface area contributed by atoms with E-state index in [1.165, 1.54) is 12.8 Å². The highest BCUT2D eigenvalue weighted by molar-refractivity contribution is 4.96. The molecule has 2 unspecified atom stereocenters. The maximum atomic E-state index is 6.12. The summed E-state index contributed by atoms with van der Waals surface area (Å²) in [5.41, 5.74) is 0.529. The molecule has 1 aliphatic heterocycles. The summed E-state index contributed by atoms with van der Waals surface area (Å²) < 4.78 is 6.12. The molecule has 0 aromatic carbocycles. The van der Waals surface area contributed by atoms with Gasteiger partial charge in [0, 0.05) is 5.54 Å². The van der Waals surface area contributed by atoms with Gasteiger partial charge in [-0.15, -0.1) is 0 Å². The Hall–Kier alpha value is -0.0800. The molecule has 0 aliphatic carbocycles. The van der Waals surface area contributed by atoms with E-state index in [1.54, 1.807) is 0 Å². The molecule has 17 heavy (non-hydrogen) atoms. The van der Waals surface area contributed by atoms with Gasteiger partial charge in [0.05, 0.1) is 12.2 Å². The topological polar surface area (TPSA) is 12.5 Å². The molecule has 0 saturated carbocycles. The molecule has 1 heterocycles. The molecular weight excluding hydrogens is 210 g/mol. The predicted octanol–water partition coefficient (Wildman–Crippen LogP) is 3.56. The monoisotopic (exact) mass is 241 g/mol. The third kappa shape index (κ3) is 3.23. The zero-order chi connectivity index (χ0) is 13.5. The van der Waals surface area contributed by atoms with E-state index in [1.807, 2.05) is 0 Å². The summed E-state index contributed by atoms with van der Waals surface area (Å²) in [7, 11) is 4.33. The van der Waals surface area contributed by atoms with Gasteiger partial charge in [-0.1, -0.05) is 20.8 Å². The van der Waals surface area contributed by atoms with Gasteiger partial charge in [-0.3, -0.25) is 0 Å². The van der Waals surface area contributed by atoms with Crippen LogP contribution in [0.5, 0.6) is 0 Å². The molecule has 1 rings (SSSR count). The molecule has 0 bridgehead atoms. The van der Waals surface area contributed by atoms with E-state index in [2.05, 4.69) is 60.5 Å². The smallest absolute Gasteiger partial charge is 0.0706 e.